The maximum atomic E-state index is 13.5. The first-order valence-corrected chi connectivity index (χ1v) is 13.2. The summed E-state index contributed by atoms with van der Waals surface area (Å²) in [6, 6.07) is 8.11. The van der Waals surface area contributed by atoms with Crippen LogP contribution in [0.5, 0.6) is 11.5 Å². The summed E-state index contributed by atoms with van der Waals surface area (Å²) in [7, 11) is 0. The molecule has 1 amide bonds. The quantitative estimate of drug-likeness (QED) is 0.467. The topological polar surface area (TPSA) is 122 Å². The molecule has 1 aliphatic carbocycles. The van der Waals surface area contributed by atoms with Crippen LogP contribution in [-0.4, -0.2) is 55.3 Å². The predicted octanol–water partition coefficient (Wildman–Crippen LogP) is 3.61. The Kier molecular flexibility index (Phi) is 7.42. The Hall–Kier alpha value is -3.79. The molecule has 2 N–H and O–H groups in total. The molecule has 0 radical (unpaired) electrons. The number of hydrazone groups is 1. The average Bonchev–Trinajstić information content (AvgIpc) is 3.54. The summed E-state index contributed by atoms with van der Waals surface area (Å²) >= 11 is 0. The molecule has 10 nitrogen and oxygen atoms in total. The number of hydrogen-bond acceptors (Lipinski definition) is 8. The summed E-state index contributed by atoms with van der Waals surface area (Å²) in [5.74, 6) is 1.49. The molecule has 5 rings (SSSR count). The maximum Gasteiger partial charge on any atom is 0.271 e. The van der Waals surface area contributed by atoms with Crippen LogP contribution in [0.3, 0.4) is 0 Å². The van der Waals surface area contributed by atoms with Crippen molar-refractivity contribution in [1.82, 2.24) is 25.1 Å². The zero-order chi connectivity index (χ0) is 26.7. The summed E-state index contributed by atoms with van der Waals surface area (Å²) in [4.78, 5) is 30.8. The highest BCUT2D eigenvalue weighted by Gasteiger charge is 2.30. The van der Waals surface area contributed by atoms with Gasteiger partial charge < -0.3 is 15.2 Å². The maximum absolute atomic E-state index is 13.5. The van der Waals surface area contributed by atoms with Crippen LogP contribution in [-0.2, 0) is 4.79 Å². The Balaban J connectivity index is 1.36. The number of fused-ring (bicyclic) bond motifs is 1. The molecule has 0 unspecified atom stereocenters. The Morgan fingerprint density at radius 2 is 2.05 bits per heavy atom. The highest BCUT2D eigenvalue weighted by molar-refractivity contribution is 6.00. The highest BCUT2D eigenvalue weighted by atomic mass is 16.5. The summed E-state index contributed by atoms with van der Waals surface area (Å²) in [6.07, 6.45) is 10.4. The second-order valence-corrected chi connectivity index (χ2v) is 10.8. The lowest BCUT2D eigenvalue weighted by molar-refractivity contribution is -0.123. The molecule has 10 heteroatoms. The summed E-state index contributed by atoms with van der Waals surface area (Å²) < 4.78 is 7.27. The van der Waals surface area contributed by atoms with E-state index in [0.29, 0.717) is 49.2 Å². The molecule has 200 valence electrons. The Morgan fingerprint density at radius 1 is 1.24 bits per heavy atom. The largest absolute Gasteiger partial charge is 0.455 e. The van der Waals surface area contributed by atoms with Crippen LogP contribution in [0.2, 0.25) is 0 Å². The van der Waals surface area contributed by atoms with Crippen LogP contribution in [0.1, 0.15) is 58.4 Å². The van der Waals surface area contributed by atoms with E-state index in [1.165, 1.54) is 16.9 Å². The van der Waals surface area contributed by atoms with Gasteiger partial charge in [-0.1, -0.05) is 37.8 Å². The highest BCUT2D eigenvalue weighted by Crippen LogP contribution is 2.32. The van der Waals surface area contributed by atoms with Gasteiger partial charge in [-0.3, -0.25) is 19.6 Å². The van der Waals surface area contributed by atoms with Crippen LogP contribution in [0.4, 0.5) is 0 Å². The zero-order valence-corrected chi connectivity index (χ0v) is 21.8. The van der Waals surface area contributed by atoms with Crippen molar-refractivity contribution in [3.8, 4) is 11.5 Å². The van der Waals surface area contributed by atoms with Crippen molar-refractivity contribution in [2.75, 3.05) is 13.1 Å². The third-order valence-electron chi connectivity index (χ3n) is 7.00. The molecule has 38 heavy (non-hydrogen) atoms. The summed E-state index contributed by atoms with van der Waals surface area (Å²) in [6.45, 7) is 4.42. The summed E-state index contributed by atoms with van der Waals surface area (Å²) in [5, 5.41) is 25.4. The van der Waals surface area contributed by atoms with Crippen LogP contribution < -0.4 is 15.6 Å². The van der Waals surface area contributed by atoms with Gasteiger partial charge in [-0.25, -0.2) is 4.68 Å². The van der Waals surface area contributed by atoms with Crippen molar-refractivity contribution in [3.05, 3.63) is 59.3 Å². The van der Waals surface area contributed by atoms with Crippen LogP contribution in [0.25, 0.3) is 10.8 Å². The number of ether oxygens (including phenoxy) is 1. The monoisotopic (exact) mass is 518 g/mol. The van der Waals surface area contributed by atoms with Crippen molar-refractivity contribution in [2.24, 2.45) is 11.0 Å². The number of nitrogens with one attached hydrogen (secondary N) is 1. The van der Waals surface area contributed by atoms with Crippen LogP contribution in [0.15, 0.2) is 58.8 Å². The van der Waals surface area contributed by atoms with Gasteiger partial charge in [0.2, 0.25) is 5.91 Å². The molecule has 1 atom stereocenters. The fourth-order valence-corrected chi connectivity index (χ4v) is 5.26. The molecule has 1 fully saturated rings. The number of carbonyl (C=O) groups is 1. The minimum absolute atomic E-state index is 0.300. The van der Waals surface area contributed by atoms with Gasteiger partial charge in [-0.05, 0) is 38.3 Å². The molecular weight excluding hydrogens is 484 g/mol. The minimum atomic E-state index is -0.891. The molecule has 1 aromatic carbocycles. The average molecular weight is 519 g/mol. The standard InChI is InChI=1S/C28H34N6O4/c1-28(2,37)18-33-13-11-25(32-33)31-27(36)23(14-19-6-3-4-7-19)34-26(35)15-21(17-30-34)38-24-9-5-8-20-16-29-12-10-22(20)24/h5,8-10,12,15-17,19,23,37H,3-4,6-7,11,13-14,18H2,1-2H3,(H,31,32,36)/t23-/m0/s1. The molecule has 2 aliphatic rings. The first-order chi connectivity index (χ1) is 18.2. The normalized spacial score (nSPS) is 17.0. The fourth-order valence-electron chi connectivity index (χ4n) is 5.26. The van der Waals surface area contributed by atoms with Gasteiger partial charge in [0.05, 0.1) is 18.3 Å². The SMILES string of the molecule is CC(C)(O)CN1CCC(NC(=O)[C@H](CC2CCCC2)n2ncc(Oc3cccc4cnccc34)cc2=O)=N1. The van der Waals surface area contributed by atoms with Crippen molar-refractivity contribution in [3.63, 3.8) is 0 Å². The lowest BCUT2D eigenvalue weighted by Crippen LogP contribution is -2.41. The molecule has 0 spiro atoms. The predicted molar refractivity (Wildman–Crippen MR) is 144 cm³/mol. The van der Waals surface area contributed by atoms with E-state index in [1.807, 2.05) is 24.3 Å². The number of pyridine rings is 1. The molecule has 2 aromatic heterocycles. The number of carbonyl (C=O) groups excluding carboxylic acids is 1. The van der Waals surface area contributed by atoms with E-state index in [4.69, 9.17) is 4.74 Å². The van der Waals surface area contributed by atoms with E-state index < -0.39 is 17.2 Å². The smallest absolute Gasteiger partial charge is 0.271 e. The van der Waals surface area contributed by atoms with Gasteiger partial charge in [0.25, 0.3) is 5.56 Å². The Bertz CT molecular complexity index is 1380. The van der Waals surface area contributed by atoms with Gasteiger partial charge in [0.15, 0.2) is 5.75 Å². The van der Waals surface area contributed by atoms with Gasteiger partial charge in [-0.2, -0.15) is 10.2 Å². The number of amidine groups is 1. The third kappa shape index (κ3) is 6.19. The third-order valence-corrected chi connectivity index (χ3v) is 7.00. The van der Waals surface area contributed by atoms with E-state index in [1.54, 1.807) is 31.3 Å². The number of aliphatic hydroxyl groups is 1. The van der Waals surface area contributed by atoms with Gasteiger partial charge in [0.1, 0.15) is 17.6 Å². The number of hydrogen-bond donors (Lipinski definition) is 2. The lowest BCUT2D eigenvalue weighted by Gasteiger charge is -2.23. The van der Waals surface area contributed by atoms with E-state index in [-0.39, 0.29) is 5.91 Å². The first-order valence-electron chi connectivity index (χ1n) is 13.2. The zero-order valence-electron chi connectivity index (χ0n) is 21.8. The van der Waals surface area contributed by atoms with E-state index in [2.05, 4.69) is 20.5 Å². The van der Waals surface area contributed by atoms with Gasteiger partial charge in [-0.15, -0.1) is 0 Å². The number of aromatic nitrogens is 3. The fraction of sp³-hybridized carbons (Fsp3) is 0.464. The van der Waals surface area contributed by atoms with E-state index >= 15 is 0 Å². The molecule has 0 saturated heterocycles. The number of amides is 1. The second-order valence-electron chi connectivity index (χ2n) is 10.8. The molecule has 3 aromatic rings. The van der Waals surface area contributed by atoms with E-state index in [0.717, 1.165) is 36.5 Å². The van der Waals surface area contributed by atoms with E-state index in [9.17, 15) is 14.7 Å². The number of rotatable bonds is 8. The van der Waals surface area contributed by atoms with Crippen molar-refractivity contribution in [1.29, 1.82) is 0 Å². The number of benzene rings is 1. The van der Waals surface area contributed by atoms with Crippen molar-refractivity contribution in [2.45, 2.75) is 64.0 Å². The summed E-state index contributed by atoms with van der Waals surface area (Å²) in [5.41, 5.74) is -1.29. The molecule has 3 heterocycles. The van der Waals surface area contributed by atoms with Crippen LogP contribution >= 0.6 is 0 Å². The molecule has 1 saturated carbocycles. The first kappa shape index (κ1) is 25.8. The Labute approximate surface area is 221 Å². The lowest BCUT2D eigenvalue weighted by atomic mass is 9.98. The molecule has 1 aliphatic heterocycles. The van der Waals surface area contributed by atoms with Gasteiger partial charge in [0, 0.05) is 42.2 Å². The van der Waals surface area contributed by atoms with Gasteiger partial charge >= 0.3 is 0 Å². The minimum Gasteiger partial charge on any atom is -0.455 e. The number of β-amino-alcohol motifs (C(OH)–C–C–N with tert-alkyl or cyclic N) is 1. The molecule has 0 bridgehead atoms. The second kappa shape index (κ2) is 10.9. The van der Waals surface area contributed by atoms with Crippen molar-refractivity contribution >= 4 is 22.5 Å². The Morgan fingerprint density at radius 3 is 2.82 bits per heavy atom. The van der Waals surface area contributed by atoms with Crippen molar-refractivity contribution < 1.29 is 14.6 Å². The number of nitrogens with zero attached hydrogens (tertiary/aromatic N) is 5. The molecular formula is C28H34N6O4. The van der Waals surface area contributed by atoms with Crippen LogP contribution in [0, 0.1) is 5.92 Å².